The summed E-state index contributed by atoms with van der Waals surface area (Å²) in [5.41, 5.74) is 1.54. The Hall–Kier alpha value is -1.69. The summed E-state index contributed by atoms with van der Waals surface area (Å²) in [6.45, 7) is 11.4. The highest BCUT2D eigenvalue weighted by Gasteiger charge is 2.57. The number of aryl methyl sites for hydroxylation is 1. The van der Waals surface area contributed by atoms with Crippen molar-refractivity contribution < 1.29 is 9.53 Å². The molecule has 3 rings (SSSR count). The van der Waals surface area contributed by atoms with E-state index in [1.54, 1.807) is 12.4 Å². The molecule has 23 heavy (non-hydrogen) atoms. The summed E-state index contributed by atoms with van der Waals surface area (Å²) in [6.07, 6.45) is 3.26. The van der Waals surface area contributed by atoms with Gasteiger partial charge in [0.05, 0.1) is 11.4 Å². The Morgan fingerprint density at radius 2 is 1.91 bits per heavy atom. The Morgan fingerprint density at radius 3 is 2.48 bits per heavy atom. The molecule has 2 fully saturated rings. The fourth-order valence-corrected chi connectivity index (χ4v) is 3.46. The fourth-order valence-electron chi connectivity index (χ4n) is 3.46. The quantitative estimate of drug-likeness (QED) is 0.926. The minimum atomic E-state index is -0.431. The van der Waals surface area contributed by atoms with Crippen LogP contribution in [-0.2, 0) is 4.74 Å². The van der Waals surface area contributed by atoms with Crippen LogP contribution >= 0.6 is 0 Å². The van der Waals surface area contributed by atoms with Crippen LogP contribution in [0.1, 0.15) is 45.1 Å². The molecule has 0 bridgehead atoms. The van der Waals surface area contributed by atoms with Crippen molar-refractivity contribution in [2.45, 2.75) is 52.3 Å². The van der Waals surface area contributed by atoms with E-state index in [4.69, 9.17) is 4.74 Å². The van der Waals surface area contributed by atoms with Crippen LogP contribution in [0.25, 0.3) is 0 Å². The van der Waals surface area contributed by atoms with E-state index in [9.17, 15) is 4.79 Å². The lowest BCUT2D eigenvalue weighted by Crippen LogP contribution is -2.39. The first-order chi connectivity index (χ1) is 10.8. The van der Waals surface area contributed by atoms with Crippen molar-refractivity contribution in [3.63, 3.8) is 0 Å². The van der Waals surface area contributed by atoms with E-state index >= 15 is 0 Å². The van der Waals surface area contributed by atoms with Gasteiger partial charge in [-0.2, -0.15) is 0 Å². The van der Waals surface area contributed by atoms with Crippen LogP contribution in [-0.4, -0.2) is 45.7 Å². The number of hydrogen-bond donors (Lipinski definition) is 1. The molecule has 0 aromatic carbocycles. The van der Waals surface area contributed by atoms with Crippen molar-refractivity contribution in [1.29, 1.82) is 0 Å². The van der Waals surface area contributed by atoms with Crippen LogP contribution in [0.5, 0.6) is 0 Å². The van der Waals surface area contributed by atoms with E-state index in [1.165, 1.54) is 0 Å². The number of rotatable bonds is 3. The van der Waals surface area contributed by atoms with Gasteiger partial charge in [0.25, 0.3) is 0 Å². The number of piperidine rings is 1. The maximum atomic E-state index is 12.1. The summed E-state index contributed by atoms with van der Waals surface area (Å²) in [5.74, 6) is 1.06. The monoisotopic (exact) mass is 318 g/mol. The highest BCUT2D eigenvalue weighted by atomic mass is 16.6. The predicted octanol–water partition coefficient (Wildman–Crippen LogP) is 2.30. The molecule has 126 valence electrons. The lowest BCUT2D eigenvalue weighted by atomic mass is 10.2. The number of amides is 1. The van der Waals surface area contributed by atoms with Crippen LogP contribution in [0, 0.1) is 18.8 Å². The average Bonchev–Trinajstić information content (AvgIpc) is 2.90. The smallest absolute Gasteiger partial charge is 0.410 e. The molecule has 1 aliphatic heterocycles. The third-order valence-electron chi connectivity index (χ3n) is 4.62. The Kier molecular flexibility index (Phi) is 4.04. The highest BCUT2D eigenvalue weighted by molar-refractivity contribution is 5.69. The van der Waals surface area contributed by atoms with Crippen molar-refractivity contribution in [3.8, 4) is 0 Å². The van der Waals surface area contributed by atoms with Gasteiger partial charge in [-0.1, -0.05) is 0 Å². The number of carbonyl (C=O) groups is 1. The van der Waals surface area contributed by atoms with E-state index in [0.29, 0.717) is 17.9 Å². The Morgan fingerprint density at radius 1 is 1.30 bits per heavy atom. The zero-order valence-corrected chi connectivity index (χ0v) is 14.5. The van der Waals surface area contributed by atoms with Crippen molar-refractivity contribution in [1.82, 2.24) is 20.2 Å². The number of hydrogen-bond acceptors (Lipinski definition) is 5. The minimum Gasteiger partial charge on any atom is -0.444 e. The van der Waals surface area contributed by atoms with Crippen LogP contribution < -0.4 is 5.32 Å². The molecule has 0 radical (unpaired) electrons. The second-order valence-electron chi connectivity index (χ2n) is 7.65. The largest absolute Gasteiger partial charge is 0.444 e. The van der Waals surface area contributed by atoms with Crippen molar-refractivity contribution in [2.24, 2.45) is 11.8 Å². The van der Waals surface area contributed by atoms with Crippen LogP contribution in [0.3, 0.4) is 0 Å². The van der Waals surface area contributed by atoms with Gasteiger partial charge in [0.15, 0.2) is 0 Å². The van der Waals surface area contributed by atoms with E-state index in [0.717, 1.165) is 24.5 Å². The van der Waals surface area contributed by atoms with E-state index in [1.807, 2.05) is 32.6 Å². The highest BCUT2D eigenvalue weighted by Crippen LogP contribution is 2.46. The van der Waals surface area contributed by atoms with Gasteiger partial charge >= 0.3 is 6.09 Å². The van der Waals surface area contributed by atoms with Crippen molar-refractivity contribution >= 4 is 6.09 Å². The summed E-state index contributed by atoms with van der Waals surface area (Å²) >= 11 is 0. The SMILES string of the molecule is Cc1nccnc1C(C)NC1C2CN(C(=O)OC(C)(C)C)CC21. The van der Waals surface area contributed by atoms with E-state index in [-0.39, 0.29) is 12.1 Å². The lowest BCUT2D eigenvalue weighted by molar-refractivity contribution is 0.0268. The normalized spacial score (nSPS) is 27.5. The second kappa shape index (κ2) is 5.74. The number of ether oxygens (including phenoxy) is 1. The van der Waals surface area contributed by atoms with Gasteiger partial charge < -0.3 is 15.0 Å². The average molecular weight is 318 g/mol. The van der Waals surface area contributed by atoms with Gasteiger partial charge in [-0.05, 0) is 46.5 Å². The summed E-state index contributed by atoms with van der Waals surface area (Å²) in [7, 11) is 0. The molecule has 6 heteroatoms. The molecule has 0 spiro atoms. The third-order valence-corrected chi connectivity index (χ3v) is 4.62. The zero-order valence-electron chi connectivity index (χ0n) is 14.5. The van der Waals surface area contributed by atoms with Gasteiger partial charge in [0.2, 0.25) is 0 Å². The molecule has 2 heterocycles. The van der Waals surface area contributed by atoms with Gasteiger partial charge in [-0.3, -0.25) is 9.97 Å². The second-order valence-corrected chi connectivity index (χ2v) is 7.65. The predicted molar refractivity (Wildman–Crippen MR) is 86.9 cm³/mol. The van der Waals surface area contributed by atoms with Gasteiger partial charge in [-0.15, -0.1) is 0 Å². The van der Waals surface area contributed by atoms with Gasteiger partial charge in [0, 0.05) is 37.6 Å². The molecule has 1 N–H and O–H groups in total. The first-order valence-electron chi connectivity index (χ1n) is 8.28. The summed E-state index contributed by atoms with van der Waals surface area (Å²) in [5, 5.41) is 3.64. The molecule has 1 aliphatic carbocycles. The Balaban J connectivity index is 1.51. The molecule has 1 aromatic rings. The van der Waals surface area contributed by atoms with Crippen molar-refractivity contribution in [3.05, 3.63) is 23.8 Å². The number of fused-ring (bicyclic) bond motifs is 1. The first kappa shape index (κ1) is 16.2. The number of carbonyl (C=O) groups excluding carboxylic acids is 1. The minimum absolute atomic E-state index is 0.175. The molecule has 2 aliphatic rings. The van der Waals surface area contributed by atoms with Crippen LogP contribution in [0.2, 0.25) is 0 Å². The molecule has 1 amide bonds. The molecule has 6 nitrogen and oxygen atoms in total. The number of nitrogens with zero attached hydrogens (tertiary/aromatic N) is 3. The van der Waals surface area contributed by atoms with E-state index < -0.39 is 5.60 Å². The van der Waals surface area contributed by atoms with E-state index in [2.05, 4.69) is 22.2 Å². The van der Waals surface area contributed by atoms with Crippen LogP contribution in [0.4, 0.5) is 4.79 Å². The summed E-state index contributed by atoms with van der Waals surface area (Å²) < 4.78 is 5.44. The maximum absolute atomic E-state index is 12.1. The standard InChI is InChI=1S/C17H26N4O2/c1-10-14(19-7-6-18-10)11(2)20-15-12-8-21(9-13(12)15)16(22)23-17(3,4)5/h6-7,11-13,15,20H,8-9H2,1-5H3. The molecular formula is C17H26N4O2. The number of nitrogens with one attached hydrogen (secondary N) is 1. The third kappa shape index (κ3) is 3.47. The number of aromatic nitrogens is 2. The van der Waals surface area contributed by atoms with Crippen molar-refractivity contribution in [2.75, 3.05) is 13.1 Å². The molecule has 1 aromatic heterocycles. The molecule has 3 atom stereocenters. The summed E-state index contributed by atoms with van der Waals surface area (Å²) in [6, 6.07) is 0.638. The van der Waals surface area contributed by atoms with Gasteiger partial charge in [-0.25, -0.2) is 4.79 Å². The number of likely N-dealkylation sites (tertiary alicyclic amines) is 1. The van der Waals surface area contributed by atoms with Crippen LogP contribution in [0.15, 0.2) is 12.4 Å². The lowest BCUT2D eigenvalue weighted by Gasteiger charge is -2.26. The fraction of sp³-hybridized carbons (Fsp3) is 0.706. The zero-order chi connectivity index (χ0) is 16.8. The van der Waals surface area contributed by atoms with Gasteiger partial charge in [0.1, 0.15) is 5.60 Å². The Bertz CT molecular complexity index is 587. The topological polar surface area (TPSA) is 67.4 Å². The molecule has 3 unspecified atom stereocenters. The summed E-state index contributed by atoms with van der Waals surface area (Å²) in [4.78, 5) is 22.6. The first-order valence-corrected chi connectivity index (χ1v) is 8.28. The molecular weight excluding hydrogens is 292 g/mol. The molecule has 1 saturated heterocycles. The maximum Gasteiger partial charge on any atom is 0.410 e. The Labute approximate surface area is 137 Å². The molecule has 1 saturated carbocycles.